The molecule has 1 aromatic rings. The lowest BCUT2D eigenvalue weighted by Crippen LogP contribution is -2.48. The minimum atomic E-state index is -3.12. The molecular formula is C19H25NO6S. The molecule has 1 saturated heterocycles. The van der Waals surface area contributed by atoms with Gasteiger partial charge in [0, 0.05) is 12.1 Å². The zero-order valence-electron chi connectivity index (χ0n) is 15.4. The quantitative estimate of drug-likeness (QED) is 0.763. The Morgan fingerprint density at radius 2 is 1.89 bits per heavy atom. The molecule has 1 aliphatic carbocycles. The molecule has 1 saturated carbocycles. The molecule has 1 N–H and O–H groups in total. The van der Waals surface area contributed by atoms with E-state index in [-0.39, 0.29) is 40.8 Å². The number of hydrogen-bond acceptors (Lipinski definition) is 6. The second-order valence-electron chi connectivity index (χ2n) is 7.39. The van der Waals surface area contributed by atoms with Crippen molar-refractivity contribution in [3.63, 3.8) is 0 Å². The maximum Gasteiger partial charge on any atom is 0.342 e. The van der Waals surface area contributed by atoms with E-state index in [0.717, 1.165) is 31.2 Å². The van der Waals surface area contributed by atoms with Crippen LogP contribution >= 0.6 is 0 Å². The standard InChI is InChI=1S/C19H25NO6S/c1-13-6-7-17(21)16(10-13)19(23)26-11-18(22)20(14-4-2-3-5-14)15-8-9-27(24,25)12-15/h6-7,10,14-15,21H,2-5,8-9,11-12H2,1H3/t15-/m0/s1. The highest BCUT2D eigenvalue weighted by atomic mass is 32.2. The van der Waals surface area contributed by atoms with Crippen LogP contribution in [-0.2, 0) is 19.4 Å². The Kier molecular flexibility index (Phi) is 5.74. The molecule has 2 aliphatic rings. The number of ether oxygens (including phenoxy) is 1. The third-order valence-corrected chi connectivity index (χ3v) is 7.06. The van der Waals surface area contributed by atoms with E-state index in [0.29, 0.717) is 6.42 Å². The molecule has 1 amide bonds. The summed E-state index contributed by atoms with van der Waals surface area (Å²) in [5.74, 6) is -1.28. The second-order valence-corrected chi connectivity index (χ2v) is 9.62. The van der Waals surface area contributed by atoms with Crippen molar-refractivity contribution in [2.75, 3.05) is 18.1 Å². The average molecular weight is 395 g/mol. The second kappa shape index (κ2) is 7.88. The molecule has 1 aromatic carbocycles. The summed E-state index contributed by atoms with van der Waals surface area (Å²) in [4.78, 5) is 26.7. The van der Waals surface area contributed by atoms with E-state index in [1.165, 1.54) is 12.1 Å². The van der Waals surface area contributed by atoms with Crippen molar-refractivity contribution in [1.82, 2.24) is 4.90 Å². The summed E-state index contributed by atoms with van der Waals surface area (Å²) in [6, 6.07) is 4.22. The SMILES string of the molecule is Cc1ccc(O)c(C(=O)OCC(=O)N(C2CCCC2)[C@H]2CCS(=O)(=O)C2)c1. The van der Waals surface area contributed by atoms with Crippen LogP contribution in [0, 0.1) is 6.92 Å². The fourth-order valence-corrected chi connectivity index (χ4v) is 5.69. The van der Waals surface area contributed by atoms with Crippen molar-refractivity contribution in [2.24, 2.45) is 0 Å². The van der Waals surface area contributed by atoms with Crippen molar-refractivity contribution >= 4 is 21.7 Å². The first kappa shape index (κ1) is 19.7. The fraction of sp³-hybridized carbons (Fsp3) is 0.579. The number of benzene rings is 1. The summed E-state index contributed by atoms with van der Waals surface area (Å²) in [6.45, 7) is 1.32. The van der Waals surface area contributed by atoms with Crippen LogP contribution in [0.4, 0.5) is 0 Å². The topological polar surface area (TPSA) is 101 Å². The van der Waals surface area contributed by atoms with Gasteiger partial charge < -0.3 is 14.7 Å². The molecule has 0 radical (unpaired) electrons. The van der Waals surface area contributed by atoms with Gasteiger partial charge in [-0.1, -0.05) is 24.5 Å². The first-order valence-corrected chi connectivity index (χ1v) is 11.1. The molecule has 27 heavy (non-hydrogen) atoms. The van der Waals surface area contributed by atoms with E-state index >= 15 is 0 Å². The number of nitrogens with zero attached hydrogens (tertiary/aromatic N) is 1. The first-order chi connectivity index (χ1) is 12.8. The molecule has 1 aliphatic heterocycles. The number of amides is 1. The number of rotatable bonds is 5. The molecule has 2 fully saturated rings. The Labute approximate surface area is 159 Å². The van der Waals surface area contributed by atoms with Gasteiger partial charge in [0.25, 0.3) is 5.91 Å². The number of carbonyl (C=O) groups is 2. The third-order valence-electron chi connectivity index (χ3n) is 5.31. The van der Waals surface area contributed by atoms with Gasteiger partial charge in [0.2, 0.25) is 0 Å². The van der Waals surface area contributed by atoms with E-state index < -0.39 is 22.4 Å². The lowest BCUT2D eigenvalue weighted by atomic mass is 10.1. The molecule has 0 bridgehead atoms. The molecule has 1 atom stereocenters. The summed E-state index contributed by atoms with van der Waals surface area (Å²) < 4.78 is 28.8. The minimum absolute atomic E-state index is 0.00174. The van der Waals surface area contributed by atoms with E-state index in [9.17, 15) is 23.1 Å². The Hall–Kier alpha value is -2.09. The van der Waals surface area contributed by atoms with Crippen molar-refractivity contribution in [3.8, 4) is 5.75 Å². The summed E-state index contributed by atoms with van der Waals surface area (Å²) >= 11 is 0. The van der Waals surface area contributed by atoms with Crippen LogP contribution in [0.3, 0.4) is 0 Å². The minimum Gasteiger partial charge on any atom is -0.507 e. The molecule has 0 spiro atoms. The maximum absolute atomic E-state index is 12.8. The number of aromatic hydroxyl groups is 1. The Morgan fingerprint density at radius 1 is 1.19 bits per heavy atom. The summed E-state index contributed by atoms with van der Waals surface area (Å²) in [5, 5.41) is 9.82. The van der Waals surface area contributed by atoms with Crippen LogP contribution < -0.4 is 0 Å². The molecule has 0 aromatic heterocycles. The molecule has 0 unspecified atom stereocenters. The third kappa shape index (κ3) is 4.61. The van der Waals surface area contributed by atoms with Gasteiger partial charge in [-0.2, -0.15) is 0 Å². The van der Waals surface area contributed by atoms with Gasteiger partial charge in [0.1, 0.15) is 11.3 Å². The Morgan fingerprint density at radius 3 is 2.52 bits per heavy atom. The molecular weight excluding hydrogens is 370 g/mol. The van der Waals surface area contributed by atoms with Crippen LogP contribution in [0.5, 0.6) is 5.75 Å². The summed E-state index contributed by atoms with van der Waals surface area (Å²) in [6.07, 6.45) is 4.12. The first-order valence-electron chi connectivity index (χ1n) is 9.25. The van der Waals surface area contributed by atoms with Crippen molar-refractivity contribution in [2.45, 2.75) is 51.1 Å². The predicted octanol–water partition coefficient (Wildman–Crippen LogP) is 1.82. The zero-order chi connectivity index (χ0) is 19.6. The van der Waals surface area contributed by atoms with Crippen LogP contribution in [0.25, 0.3) is 0 Å². The smallest absolute Gasteiger partial charge is 0.342 e. The molecule has 8 heteroatoms. The van der Waals surface area contributed by atoms with Crippen molar-refractivity contribution in [1.29, 1.82) is 0 Å². The number of carbonyl (C=O) groups excluding carboxylic acids is 2. The van der Waals surface area contributed by atoms with Crippen LogP contribution in [0.1, 0.15) is 48.0 Å². The number of phenols is 1. The van der Waals surface area contributed by atoms with Crippen LogP contribution in [0.2, 0.25) is 0 Å². The van der Waals surface area contributed by atoms with Crippen LogP contribution in [-0.4, -0.2) is 60.5 Å². The summed E-state index contributed by atoms with van der Waals surface area (Å²) in [5.41, 5.74) is 0.800. The van der Waals surface area contributed by atoms with E-state index in [4.69, 9.17) is 4.74 Å². The van der Waals surface area contributed by atoms with E-state index in [1.54, 1.807) is 17.9 Å². The van der Waals surface area contributed by atoms with E-state index in [1.807, 2.05) is 0 Å². The van der Waals surface area contributed by atoms with Crippen molar-refractivity contribution < 1.29 is 27.9 Å². The monoisotopic (exact) mass is 395 g/mol. The molecule has 1 heterocycles. The molecule has 148 valence electrons. The van der Waals surface area contributed by atoms with Gasteiger partial charge >= 0.3 is 5.97 Å². The van der Waals surface area contributed by atoms with Gasteiger partial charge in [-0.15, -0.1) is 0 Å². The maximum atomic E-state index is 12.8. The zero-order valence-corrected chi connectivity index (χ0v) is 16.2. The number of esters is 1. The lowest BCUT2D eigenvalue weighted by Gasteiger charge is -2.33. The highest BCUT2D eigenvalue weighted by Crippen LogP contribution is 2.29. The number of aryl methyl sites for hydroxylation is 1. The molecule has 7 nitrogen and oxygen atoms in total. The normalized spacial score (nSPS) is 21.9. The van der Waals surface area contributed by atoms with Crippen molar-refractivity contribution in [3.05, 3.63) is 29.3 Å². The highest BCUT2D eigenvalue weighted by molar-refractivity contribution is 7.91. The number of hydrogen-bond donors (Lipinski definition) is 1. The van der Waals surface area contributed by atoms with Gasteiger partial charge in [0.05, 0.1) is 11.5 Å². The fourth-order valence-electron chi connectivity index (χ4n) is 3.98. The van der Waals surface area contributed by atoms with Gasteiger partial charge in [-0.05, 0) is 38.3 Å². The van der Waals surface area contributed by atoms with Gasteiger partial charge in [-0.25, -0.2) is 13.2 Å². The highest BCUT2D eigenvalue weighted by Gasteiger charge is 2.39. The number of sulfone groups is 1. The van der Waals surface area contributed by atoms with Gasteiger partial charge in [-0.3, -0.25) is 4.79 Å². The largest absolute Gasteiger partial charge is 0.507 e. The van der Waals surface area contributed by atoms with Crippen LogP contribution in [0.15, 0.2) is 18.2 Å². The Balaban J connectivity index is 1.69. The molecule has 3 rings (SSSR count). The number of phenolic OH excluding ortho intramolecular Hbond substituents is 1. The predicted molar refractivity (Wildman–Crippen MR) is 99.3 cm³/mol. The summed E-state index contributed by atoms with van der Waals surface area (Å²) in [7, 11) is -3.12. The Bertz CT molecular complexity index is 829. The average Bonchev–Trinajstić information content (AvgIpc) is 3.25. The lowest BCUT2D eigenvalue weighted by molar-refractivity contribution is -0.139. The van der Waals surface area contributed by atoms with E-state index in [2.05, 4.69) is 0 Å². The van der Waals surface area contributed by atoms with Gasteiger partial charge in [0.15, 0.2) is 16.4 Å².